The number of carbonyl (C=O) groups excluding carboxylic acids is 2. The van der Waals surface area contributed by atoms with Gasteiger partial charge in [0.25, 0.3) is 0 Å². The van der Waals surface area contributed by atoms with Crippen molar-refractivity contribution >= 4 is 29.8 Å². The monoisotopic (exact) mass is 487 g/mol. The molecule has 0 aliphatic heterocycles. The second kappa shape index (κ2) is 9.35. The summed E-state index contributed by atoms with van der Waals surface area (Å²) in [4.78, 5) is 23.8. The van der Waals surface area contributed by atoms with E-state index in [4.69, 9.17) is 21.0 Å². The van der Waals surface area contributed by atoms with Gasteiger partial charge in [-0.25, -0.2) is 9.42 Å². The second-order valence-electron chi connectivity index (χ2n) is 8.58. The molecular weight excluding hydrogens is 466 g/mol. The predicted molar refractivity (Wildman–Crippen MR) is 132 cm³/mol. The number of nitrogens with one attached hydrogen (secondary N) is 1. The van der Waals surface area contributed by atoms with Gasteiger partial charge >= 0.3 is 6.09 Å². The van der Waals surface area contributed by atoms with E-state index in [9.17, 15) is 9.59 Å². The van der Waals surface area contributed by atoms with Crippen LogP contribution in [-0.4, -0.2) is 22.7 Å². The fourth-order valence-electron chi connectivity index (χ4n) is 4.04. The fraction of sp³-hybridized carbons (Fsp3) is 0.185. The van der Waals surface area contributed by atoms with E-state index in [0.29, 0.717) is 16.3 Å². The van der Waals surface area contributed by atoms with Crippen LogP contribution in [0.1, 0.15) is 37.0 Å². The van der Waals surface area contributed by atoms with E-state index >= 15 is 0 Å². The zero-order valence-electron chi connectivity index (χ0n) is 18.9. The van der Waals surface area contributed by atoms with Gasteiger partial charge in [0, 0.05) is 16.1 Å². The van der Waals surface area contributed by atoms with E-state index in [-0.39, 0.29) is 11.2 Å². The number of carbonyl (C=O) groups is 2. The number of hydrogen-bond donors (Lipinski definition) is 1. The molecule has 0 bridgehead atoms. The maximum absolute atomic E-state index is 12.4. The molecule has 4 aromatic rings. The van der Waals surface area contributed by atoms with Crippen LogP contribution in [0.25, 0.3) is 22.4 Å². The van der Waals surface area contributed by atoms with Crippen molar-refractivity contribution < 1.29 is 19.0 Å². The molecule has 7 nitrogen and oxygen atoms in total. The highest BCUT2D eigenvalue weighted by atomic mass is 35.5. The Morgan fingerprint density at radius 2 is 1.63 bits per heavy atom. The Balaban J connectivity index is 1.27. The molecule has 176 valence electrons. The van der Waals surface area contributed by atoms with Gasteiger partial charge in [-0.3, -0.25) is 5.32 Å². The van der Waals surface area contributed by atoms with Crippen LogP contribution in [0.5, 0.6) is 0 Å². The molecule has 1 fully saturated rings. The zero-order chi connectivity index (χ0) is 24.4. The molecule has 1 saturated carbocycles. The van der Waals surface area contributed by atoms with Crippen molar-refractivity contribution in [3.8, 4) is 22.4 Å². The average molecular weight is 488 g/mol. The molecule has 0 radical (unpaired) electrons. The summed E-state index contributed by atoms with van der Waals surface area (Å²) in [6, 6.07) is 22.9. The number of hydrogen-bond acceptors (Lipinski definition) is 6. The van der Waals surface area contributed by atoms with Crippen molar-refractivity contribution in [3.05, 3.63) is 88.9 Å². The summed E-state index contributed by atoms with van der Waals surface area (Å²) in [7, 11) is 0. The topological polar surface area (TPSA) is 94.3 Å². The molecule has 1 heterocycles. The highest BCUT2D eigenvalue weighted by Crippen LogP contribution is 2.46. The number of amides is 1. The van der Waals surface area contributed by atoms with Gasteiger partial charge in [-0.1, -0.05) is 78.3 Å². The van der Waals surface area contributed by atoms with E-state index in [1.807, 2.05) is 60.7 Å². The number of aromatic nitrogens is 2. The Bertz CT molecular complexity index is 1360. The number of ether oxygens (including phenoxy) is 1. The van der Waals surface area contributed by atoms with Gasteiger partial charge in [-0.2, -0.15) is 0 Å². The Morgan fingerprint density at radius 1 is 1.00 bits per heavy atom. The van der Waals surface area contributed by atoms with E-state index in [1.54, 1.807) is 19.1 Å². The number of rotatable bonds is 7. The van der Waals surface area contributed by atoms with Gasteiger partial charge in [-0.15, -0.1) is 0 Å². The first-order chi connectivity index (χ1) is 17.0. The molecule has 1 amide bonds. The lowest BCUT2D eigenvalue weighted by atomic mass is 9.94. The second-order valence-corrected chi connectivity index (χ2v) is 8.99. The number of nitrogens with zero attached hydrogens (tertiary/aromatic N) is 2. The van der Waals surface area contributed by atoms with Crippen LogP contribution in [0.15, 0.2) is 77.4 Å². The van der Waals surface area contributed by atoms with Gasteiger partial charge in [0.05, 0.1) is 5.41 Å². The highest BCUT2D eigenvalue weighted by molar-refractivity contribution is 6.31. The largest absolute Gasteiger partial charge is 0.441 e. The summed E-state index contributed by atoms with van der Waals surface area (Å²) >= 11 is 6.18. The summed E-state index contributed by atoms with van der Waals surface area (Å²) in [5.41, 5.74) is 4.64. The molecule has 1 atom stereocenters. The van der Waals surface area contributed by atoms with Crippen molar-refractivity contribution in [1.82, 2.24) is 10.3 Å². The van der Waals surface area contributed by atoms with Gasteiger partial charge in [-0.05, 0) is 52.8 Å². The molecular formula is C27H22ClN3O4. The van der Waals surface area contributed by atoms with Gasteiger partial charge < -0.3 is 9.53 Å². The molecule has 1 aliphatic rings. The van der Waals surface area contributed by atoms with Crippen LogP contribution in [0, 0.1) is 0 Å². The van der Waals surface area contributed by atoms with E-state index in [1.165, 1.54) is 0 Å². The summed E-state index contributed by atoms with van der Waals surface area (Å²) < 4.78 is 10.3. The Labute approximate surface area is 207 Å². The number of aldehydes is 1. The van der Waals surface area contributed by atoms with Crippen LogP contribution < -0.4 is 5.32 Å². The Hall–Kier alpha value is -3.97. The zero-order valence-corrected chi connectivity index (χ0v) is 19.7. The maximum atomic E-state index is 12.4. The normalized spacial score (nSPS) is 14.7. The standard InChI is InChI=1S/C27H22ClN3O4/c1-17(22-4-2-3-5-23(22)28)34-26(33)29-25-24(30-35-31-25)20-8-6-18(7-9-20)19-10-12-21(13-11-19)27(16-32)14-15-27/h2-13,16-17H,14-15H2,1H3,(H,29,31,33)/t17-/m1/s1. The summed E-state index contributed by atoms with van der Waals surface area (Å²) in [5, 5.41) is 10.8. The average Bonchev–Trinajstić information content (AvgIpc) is 3.56. The van der Waals surface area contributed by atoms with Crippen LogP contribution in [-0.2, 0) is 14.9 Å². The lowest BCUT2D eigenvalue weighted by Crippen LogP contribution is -2.17. The lowest BCUT2D eigenvalue weighted by Gasteiger charge is -2.14. The third-order valence-corrected chi connectivity index (χ3v) is 6.65. The van der Waals surface area contributed by atoms with E-state index < -0.39 is 12.2 Å². The van der Waals surface area contributed by atoms with Crippen molar-refractivity contribution in [2.24, 2.45) is 0 Å². The van der Waals surface area contributed by atoms with Gasteiger partial charge in [0.15, 0.2) is 5.69 Å². The van der Waals surface area contributed by atoms with Gasteiger partial charge in [0.2, 0.25) is 5.82 Å². The quantitative estimate of drug-likeness (QED) is 0.295. The van der Waals surface area contributed by atoms with Crippen LogP contribution in [0.2, 0.25) is 5.02 Å². The molecule has 8 heteroatoms. The van der Waals surface area contributed by atoms with Crippen LogP contribution in [0.3, 0.4) is 0 Å². The van der Waals surface area contributed by atoms with Gasteiger partial charge in [0.1, 0.15) is 12.4 Å². The molecule has 1 aliphatic carbocycles. The summed E-state index contributed by atoms with van der Waals surface area (Å²) in [6.45, 7) is 1.73. The molecule has 0 unspecified atom stereocenters. The summed E-state index contributed by atoms with van der Waals surface area (Å²) in [6.07, 6.45) is 1.63. The SMILES string of the molecule is C[C@@H](OC(=O)Nc1nonc1-c1ccc(-c2ccc(C3(C=O)CC3)cc2)cc1)c1ccccc1Cl. The number of benzene rings is 3. The third kappa shape index (κ3) is 4.68. The van der Waals surface area contributed by atoms with Crippen molar-refractivity contribution in [1.29, 1.82) is 0 Å². The minimum Gasteiger partial charge on any atom is -0.441 e. The minimum absolute atomic E-state index is 0.155. The number of halogens is 1. The van der Waals surface area contributed by atoms with Crippen LogP contribution >= 0.6 is 11.6 Å². The van der Waals surface area contributed by atoms with E-state index in [0.717, 1.165) is 41.4 Å². The Morgan fingerprint density at radius 3 is 2.26 bits per heavy atom. The molecule has 1 aromatic heterocycles. The first-order valence-electron chi connectivity index (χ1n) is 11.2. The minimum atomic E-state index is -0.699. The molecule has 1 N–H and O–H groups in total. The Kier molecular flexibility index (Phi) is 6.09. The first kappa shape index (κ1) is 22.8. The molecule has 3 aromatic carbocycles. The van der Waals surface area contributed by atoms with Crippen molar-refractivity contribution in [3.63, 3.8) is 0 Å². The smallest absolute Gasteiger partial charge is 0.413 e. The third-order valence-electron chi connectivity index (χ3n) is 6.30. The summed E-state index contributed by atoms with van der Waals surface area (Å²) in [5.74, 6) is 0.155. The maximum Gasteiger partial charge on any atom is 0.413 e. The lowest BCUT2D eigenvalue weighted by molar-refractivity contribution is -0.109. The van der Waals surface area contributed by atoms with Crippen LogP contribution in [0.4, 0.5) is 10.6 Å². The molecule has 0 saturated heterocycles. The predicted octanol–water partition coefficient (Wildman–Crippen LogP) is 6.60. The van der Waals surface area contributed by atoms with E-state index in [2.05, 4.69) is 15.6 Å². The fourth-order valence-corrected chi connectivity index (χ4v) is 4.33. The first-order valence-corrected chi connectivity index (χ1v) is 11.6. The molecule has 5 rings (SSSR count). The molecule has 0 spiro atoms. The van der Waals surface area contributed by atoms with Crippen molar-refractivity contribution in [2.45, 2.75) is 31.3 Å². The molecule has 35 heavy (non-hydrogen) atoms. The van der Waals surface area contributed by atoms with Crippen molar-refractivity contribution in [2.75, 3.05) is 5.32 Å². The highest BCUT2D eigenvalue weighted by Gasteiger charge is 2.44. The number of anilines is 1.